The van der Waals surface area contributed by atoms with E-state index in [1.54, 1.807) is 12.1 Å². The van der Waals surface area contributed by atoms with Gasteiger partial charge in [-0.1, -0.05) is 17.7 Å². The minimum Gasteiger partial charge on any atom is -0.446 e. The second kappa shape index (κ2) is 6.92. The van der Waals surface area contributed by atoms with E-state index in [2.05, 4.69) is 10.6 Å². The van der Waals surface area contributed by atoms with E-state index in [0.717, 1.165) is 12.1 Å². The highest BCUT2D eigenvalue weighted by atomic mass is 35.5. The Bertz CT molecular complexity index is 481. The van der Waals surface area contributed by atoms with Gasteiger partial charge in [-0.3, -0.25) is 5.32 Å². The summed E-state index contributed by atoms with van der Waals surface area (Å²) in [6.45, 7) is 5.62. The van der Waals surface area contributed by atoms with Gasteiger partial charge < -0.3 is 14.8 Å². The van der Waals surface area contributed by atoms with Crippen molar-refractivity contribution < 1.29 is 14.3 Å². The van der Waals surface area contributed by atoms with Crippen LogP contribution < -0.4 is 10.6 Å². The maximum absolute atomic E-state index is 11.7. The van der Waals surface area contributed by atoms with E-state index in [1.807, 2.05) is 19.9 Å². The molecule has 5 nitrogen and oxygen atoms in total. The smallest absolute Gasteiger partial charge is 0.411 e. The first-order chi connectivity index (χ1) is 9.54. The van der Waals surface area contributed by atoms with Crippen molar-refractivity contribution in [3.05, 3.63) is 28.8 Å². The van der Waals surface area contributed by atoms with Gasteiger partial charge >= 0.3 is 6.09 Å². The fourth-order valence-corrected chi connectivity index (χ4v) is 2.14. The van der Waals surface area contributed by atoms with Crippen LogP contribution in [0.25, 0.3) is 0 Å². The molecule has 2 atom stereocenters. The van der Waals surface area contributed by atoms with Crippen LogP contribution in [0.15, 0.2) is 18.2 Å². The third-order valence-corrected chi connectivity index (χ3v) is 3.45. The van der Waals surface area contributed by atoms with Crippen molar-refractivity contribution in [2.24, 2.45) is 0 Å². The van der Waals surface area contributed by atoms with Crippen LogP contribution in [0.4, 0.5) is 10.5 Å². The molecule has 1 aromatic rings. The maximum Gasteiger partial charge on any atom is 0.411 e. The van der Waals surface area contributed by atoms with Gasteiger partial charge in [-0.2, -0.15) is 0 Å². The lowest BCUT2D eigenvalue weighted by Gasteiger charge is -2.28. The monoisotopic (exact) mass is 298 g/mol. The van der Waals surface area contributed by atoms with Gasteiger partial charge in [0.2, 0.25) is 0 Å². The van der Waals surface area contributed by atoms with E-state index in [1.165, 1.54) is 0 Å². The standard InChI is InChI=1S/C14H19ClN2O3/c1-9-3-4-11(5-13(9)15)17-14(18)19-8-12-7-16-6-10(2)20-12/h3-5,10,12,16H,6-8H2,1-2H3,(H,17,18). The lowest BCUT2D eigenvalue weighted by molar-refractivity contribution is -0.0533. The third kappa shape index (κ3) is 4.37. The molecule has 1 saturated heterocycles. The fraction of sp³-hybridized carbons (Fsp3) is 0.500. The Kier molecular flexibility index (Phi) is 5.23. The first-order valence-corrected chi connectivity index (χ1v) is 6.98. The molecule has 0 aliphatic carbocycles. The van der Waals surface area contributed by atoms with E-state index < -0.39 is 6.09 Å². The Balaban J connectivity index is 1.78. The van der Waals surface area contributed by atoms with E-state index in [9.17, 15) is 4.79 Å². The predicted molar refractivity (Wildman–Crippen MR) is 78.4 cm³/mol. The summed E-state index contributed by atoms with van der Waals surface area (Å²) in [6.07, 6.45) is -0.478. The predicted octanol–water partition coefficient (Wildman–Crippen LogP) is 2.57. The summed E-state index contributed by atoms with van der Waals surface area (Å²) in [7, 11) is 0. The molecule has 1 aromatic carbocycles. The van der Waals surface area contributed by atoms with Crippen LogP contribution in [-0.2, 0) is 9.47 Å². The number of nitrogens with one attached hydrogen (secondary N) is 2. The molecule has 0 saturated carbocycles. The highest BCUT2D eigenvalue weighted by Crippen LogP contribution is 2.20. The molecule has 0 aromatic heterocycles. The Morgan fingerprint density at radius 3 is 3.05 bits per heavy atom. The summed E-state index contributed by atoms with van der Waals surface area (Å²) in [5, 5.41) is 6.46. The molecule has 6 heteroatoms. The molecule has 110 valence electrons. The van der Waals surface area contributed by atoms with Crippen molar-refractivity contribution in [3.63, 3.8) is 0 Å². The van der Waals surface area contributed by atoms with Crippen molar-refractivity contribution in [3.8, 4) is 0 Å². The van der Waals surface area contributed by atoms with Crippen LogP contribution in [-0.4, -0.2) is 38.0 Å². The van der Waals surface area contributed by atoms with Crippen LogP contribution in [0.2, 0.25) is 5.02 Å². The van der Waals surface area contributed by atoms with E-state index in [0.29, 0.717) is 17.3 Å². The van der Waals surface area contributed by atoms with E-state index in [-0.39, 0.29) is 18.8 Å². The van der Waals surface area contributed by atoms with Crippen LogP contribution >= 0.6 is 11.6 Å². The molecule has 1 fully saturated rings. The van der Waals surface area contributed by atoms with Crippen molar-refractivity contribution >= 4 is 23.4 Å². The molecule has 1 aliphatic rings. The van der Waals surface area contributed by atoms with Crippen LogP contribution in [0.5, 0.6) is 0 Å². The first kappa shape index (κ1) is 15.1. The molecule has 2 N–H and O–H groups in total. The number of benzene rings is 1. The van der Waals surface area contributed by atoms with Crippen LogP contribution in [0.3, 0.4) is 0 Å². The summed E-state index contributed by atoms with van der Waals surface area (Å²) in [5.74, 6) is 0. The molecule has 20 heavy (non-hydrogen) atoms. The number of amides is 1. The normalized spacial score (nSPS) is 22.4. The first-order valence-electron chi connectivity index (χ1n) is 6.60. The zero-order valence-corrected chi connectivity index (χ0v) is 12.4. The number of carbonyl (C=O) groups excluding carboxylic acids is 1. The van der Waals surface area contributed by atoms with Crippen LogP contribution in [0.1, 0.15) is 12.5 Å². The molecule has 2 rings (SSSR count). The molecule has 0 bridgehead atoms. The molecule has 1 aliphatic heterocycles. The van der Waals surface area contributed by atoms with Gasteiger partial charge in [0.15, 0.2) is 0 Å². The quantitative estimate of drug-likeness (QED) is 0.900. The summed E-state index contributed by atoms with van der Waals surface area (Å²) >= 11 is 5.99. The van der Waals surface area contributed by atoms with Crippen molar-refractivity contribution in [2.75, 3.05) is 25.0 Å². The zero-order chi connectivity index (χ0) is 14.5. The molecular weight excluding hydrogens is 280 g/mol. The van der Waals surface area contributed by atoms with Gasteiger partial charge in [-0.05, 0) is 31.5 Å². The molecule has 0 spiro atoms. The maximum atomic E-state index is 11.7. The molecule has 0 radical (unpaired) electrons. The minimum absolute atomic E-state index is 0.105. The third-order valence-electron chi connectivity index (χ3n) is 3.05. The zero-order valence-electron chi connectivity index (χ0n) is 11.6. The highest BCUT2D eigenvalue weighted by molar-refractivity contribution is 6.31. The van der Waals surface area contributed by atoms with Crippen molar-refractivity contribution in [2.45, 2.75) is 26.1 Å². The van der Waals surface area contributed by atoms with Gasteiger partial charge in [0.05, 0.1) is 6.10 Å². The number of halogens is 1. The average molecular weight is 299 g/mol. The average Bonchev–Trinajstić information content (AvgIpc) is 2.41. The number of hydrogen-bond donors (Lipinski definition) is 2. The summed E-state index contributed by atoms with van der Waals surface area (Å²) in [4.78, 5) is 11.7. The van der Waals surface area contributed by atoms with Crippen molar-refractivity contribution in [1.82, 2.24) is 5.32 Å². The number of morpholine rings is 1. The minimum atomic E-state index is -0.508. The Hall–Kier alpha value is -1.30. The number of carbonyl (C=O) groups is 1. The SMILES string of the molecule is Cc1ccc(NC(=O)OCC2CNCC(C)O2)cc1Cl. The van der Waals surface area contributed by atoms with E-state index >= 15 is 0 Å². The van der Waals surface area contributed by atoms with Gasteiger partial charge in [0.1, 0.15) is 12.7 Å². The Labute approximate surface area is 123 Å². The number of ether oxygens (including phenoxy) is 2. The molecule has 2 unspecified atom stereocenters. The highest BCUT2D eigenvalue weighted by Gasteiger charge is 2.20. The number of anilines is 1. The number of rotatable bonds is 3. The van der Waals surface area contributed by atoms with Gasteiger partial charge in [-0.25, -0.2) is 4.79 Å². The molecule has 1 amide bonds. The Morgan fingerprint density at radius 2 is 2.35 bits per heavy atom. The van der Waals surface area contributed by atoms with Gasteiger partial charge in [0.25, 0.3) is 0 Å². The summed E-state index contributed by atoms with van der Waals surface area (Å²) in [5.41, 5.74) is 1.57. The van der Waals surface area contributed by atoms with E-state index in [4.69, 9.17) is 21.1 Å². The summed E-state index contributed by atoms with van der Waals surface area (Å²) in [6, 6.07) is 5.32. The lowest BCUT2D eigenvalue weighted by Crippen LogP contribution is -2.45. The second-order valence-corrected chi connectivity index (χ2v) is 5.32. The Morgan fingerprint density at radius 1 is 1.55 bits per heavy atom. The fourth-order valence-electron chi connectivity index (χ4n) is 1.96. The lowest BCUT2D eigenvalue weighted by atomic mass is 10.2. The largest absolute Gasteiger partial charge is 0.446 e. The summed E-state index contributed by atoms with van der Waals surface area (Å²) < 4.78 is 10.8. The second-order valence-electron chi connectivity index (χ2n) is 4.91. The number of hydrogen-bond acceptors (Lipinski definition) is 4. The molecule has 1 heterocycles. The number of aryl methyl sites for hydroxylation is 1. The van der Waals surface area contributed by atoms with Gasteiger partial charge in [-0.15, -0.1) is 0 Å². The van der Waals surface area contributed by atoms with Crippen LogP contribution in [0, 0.1) is 6.92 Å². The van der Waals surface area contributed by atoms with Gasteiger partial charge in [0, 0.05) is 23.8 Å². The van der Waals surface area contributed by atoms with Crippen molar-refractivity contribution in [1.29, 1.82) is 0 Å². The molecular formula is C14H19ClN2O3. The topological polar surface area (TPSA) is 59.6 Å².